The van der Waals surface area contributed by atoms with E-state index in [1.54, 1.807) is 6.92 Å². The standard InChI is InChI=1S/C9H16N4OS.ClH/c1-3-4-5-7-12-13-9(15-7)11-8(14)6(2)10;/h6H,3-5,10H2,1-2H3,(H,11,13,14);1H. The first kappa shape index (κ1) is 15.3. The largest absolute Gasteiger partial charge is 0.320 e. The van der Waals surface area contributed by atoms with Gasteiger partial charge in [0.05, 0.1) is 6.04 Å². The van der Waals surface area contributed by atoms with Crippen LogP contribution in [0, 0.1) is 0 Å². The van der Waals surface area contributed by atoms with Gasteiger partial charge in [0.25, 0.3) is 0 Å². The lowest BCUT2D eigenvalue weighted by molar-refractivity contribution is -0.117. The molecule has 0 spiro atoms. The molecule has 0 aliphatic heterocycles. The summed E-state index contributed by atoms with van der Waals surface area (Å²) < 4.78 is 0. The topological polar surface area (TPSA) is 80.9 Å². The Labute approximate surface area is 105 Å². The molecule has 0 bridgehead atoms. The molecule has 1 rings (SSSR count). The number of halogens is 1. The number of carbonyl (C=O) groups excluding carboxylic acids is 1. The lowest BCUT2D eigenvalue weighted by atomic mass is 10.3. The van der Waals surface area contributed by atoms with Crippen LogP contribution in [0.25, 0.3) is 0 Å². The van der Waals surface area contributed by atoms with Gasteiger partial charge in [-0.05, 0) is 13.3 Å². The number of nitrogens with one attached hydrogen (secondary N) is 1. The van der Waals surface area contributed by atoms with Crippen molar-refractivity contribution in [2.75, 3.05) is 5.32 Å². The van der Waals surface area contributed by atoms with E-state index in [1.165, 1.54) is 11.3 Å². The van der Waals surface area contributed by atoms with E-state index in [4.69, 9.17) is 5.73 Å². The highest BCUT2D eigenvalue weighted by molar-refractivity contribution is 7.15. The average molecular weight is 265 g/mol. The summed E-state index contributed by atoms with van der Waals surface area (Å²) in [6.45, 7) is 3.76. The quantitative estimate of drug-likeness (QED) is 0.846. The SMILES string of the molecule is CCCCc1nnc(NC(=O)C(C)N)s1.Cl. The molecule has 0 fully saturated rings. The molecule has 1 heterocycles. The first-order valence-electron chi connectivity index (χ1n) is 5.02. The predicted octanol–water partition coefficient (Wildman–Crippen LogP) is 1.59. The van der Waals surface area contributed by atoms with Crippen molar-refractivity contribution in [3.63, 3.8) is 0 Å². The molecule has 7 heteroatoms. The Morgan fingerprint density at radius 3 is 2.81 bits per heavy atom. The van der Waals surface area contributed by atoms with E-state index in [2.05, 4.69) is 22.4 Å². The van der Waals surface area contributed by atoms with Crippen LogP contribution in [0.15, 0.2) is 0 Å². The number of amides is 1. The van der Waals surface area contributed by atoms with Crippen LogP contribution < -0.4 is 11.1 Å². The normalized spacial score (nSPS) is 11.7. The van der Waals surface area contributed by atoms with Gasteiger partial charge in [0.1, 0.15) is 5.01 Å². The minimum Gasteiger partial charge on any atom is -0.320 e. The maximum Gasteiger partial charge on any atom is 0.242 e. The number of unbranched alkanes of at least 4 members (excludes halogenated alkanes) is 1. The summed E-state index contributed by atoms with van der Waals surface area (Å²) in [5, 5.41) is 12.0. The van der Waals surface area contributed by atoms with Gasteiger partial charge in [-0.25, -0.2) is 0 Å². The van der Waals surface area contributed by atoms with Crippen LogP contribution >= 0.6 is 23.7 Å². The van der Waals surface area contributed by atoms with Crippen molar-refractivity contribution in [2.24, 2.45) is 5.73 Å². The number of nitrogens with two attached hydrogens (primary N) is 1. The van der Waals surface area contributed by atoms with Gasteiger partial charge in [0.15, 0.2) is 0 Å². The van der Waals surface area contributed by atoms with Gasteiger partial charge in [-0.2, -0.15) is 0 Å². The van der Waals surface area contributed by atoms with Gasteiger partial charge in [0.2, 0.25) is 11.0 Å². The number of nitrogens with zero attached hydrogens (tertiary/aromatic N) is 2. The predicted molar refractivity (Wildman–Crippen MR) is 68.0 cm³/mol. The summed E-state index contributed by atoms with van der Waals surface area (Å²) in [5.74, 6) is -0.229. The molecule has 92 valence electrons. The fourth-order valence-corrected chi connectivity index (χ4v) is 1.74. The molecular formula is C9H17ClN4OS. The minimum absolute atomic E-state index is 0. The molecule has 1 aromatic heterocycles. The second kappa shape index (κ2) is 7.54. The summed E-state index contributed by atoms with van der Waals surface area (Å²) in [6, 6.07) is -0.520. The third-order valence-electron chi connectivity index (χ3n) is 1.85. The number of carbonyl (C=O) groups is 1. The summed E-state index contributed by atoms with van der Waals surface area (Å²) in [7, 11) is 0. The van der Waals surface area contributed by atoms with Crippen molar-refractivity contribution < 1.29 is 4.79 Å². The van der Waals surface area contributed by atoms with Crippen molar-refractivity contribution in [1.82, 2.24) is 10.2 Å². The Balaban J connectivity index is 0.00000225. The number of hydrogen-bond acceptors (Lipinski definition) is 5. The van der Waals surface area contributed by atoms with Crippen LogP contribution in [0.3, 0.4) is 0 Å². The minimum atomic E-state index is -0.520. The fraction of sp³-hybridized carbons (Fsp3) is 0.667. The molecule has 3 N–H and O–H groups in total. The van der Waals surface area contributed by atoms with E-state index in [-0.39, 0.29) is 18.3 Å². The van der Waals surface area contributed by atoms with Gasteiger partial charge in [-0.15, -0.1) is 22.6 Å². The van der Waals surface area contributed by atoms with Crippen molar-refractivity contribution in [3.8, 4) is 0 Å². The van der Waals surface area contributed by atoms with Crippen LogP contribution in [0.4, 0.5) is 5.13 Å². The lowest BCUT2D eigenvalue weighted by Gasteiger charge is -2.02. The van der Waals surface area contributed by atoms with E-state index in [0.717, 1.165) is 24.3 Å². The Morgan fingerprint density at radius 1 is 1.56 bits per heavy atom. The highest BCUT2D eigenvalue weighted by atomic mass is 35.5. The highest BCUT2D eigenvalue weighted by Crippen LogP contribution is 2.16. The fourth-order valence-electron chi connectivity index (χ4n) is 0.952. The van der Waals surface area contributed by atoms with Gasteiger partial charge in [0, 0.05) is 6.42 Å². The van der Waals surface area contributed by atoms with Gasteiger partial charge in [-0.3, -0.25) is 10.1 Å². The number of rotatable bonds is 5. The molecule has 0 saturated heterocycles. The molecular weight excluding hydrogens is 248 g/mol. The highest BCUT2D eigenvalue weighted by Gasteiger charge is 2.10. The van der Waals surface area contributed by atoms with Gasteiger partial charge >= 0.3 is 0 Å². The second-order valence-electron chi connectivity index (χ2n) is 3.38. The number of hydrogen-bond donors (Lipinski definition) is 2. The van der Waals surface area contributed by atoms with Crippen LogP contribution in [-0.2, 0) is 11.2 Å². The van der Waals surface area contributed by atoms with Crippen LogP contribution in [0.2, 0.25) is 0 Å². The zero-order valence-electron chi connectivity index (χ0n) is 9.40. The monoisotopic (exact) mass is 264 g/mol. The Hall–Kier alpha value is -0.720. The Morgan fingerprint density at radius 2 is 2.25 bits per heavy atom. The molecule has 5 nitrogen and oxygen atoms in total. The third-order valence-corrected chi connectivity index (χ3v) is 2.75. The lowest BCUT2D eigenvalue weighted by Crippen LogP contribution is -2.32. The Bertz CT molecular complexity index is 329. The van der Waals surface area contributed by atoms with E-state index >= 15 is 0 Å². The van der Waals surface area contributed by atoms with Crippen molar-refractivity contribution in [3.05, 3.63) is 5.01 Å². The number of aromatic nitrogens is 2. The Kier molecular flexibility index (Phi) is 7.20. The van der Waals surface area contributed by atoms with E-state index in [0.29, 0.717) is 5.13 Å². The summed E-state index contributed by atoms with van der Waals surface area (Å²) in [4.78, 5) is 11.2. The number of anilines is 1. The molecule has 0 radical (unpaired) electrons. The van der Waals surface area contributed by atoms with Gasteiger partial charge < -0.3 is 5.73 Å². The van der Waals surface area contributed by atoms with Crippen LogP contribution in [0.1, 0.15) is 31.7 Å². The average Bonchev–Trinajstić information content (AvgIpc) is 2.62. The molecule has 0 aliphatic rings. The zero-order chi connectivity index (χ0) is 11.3. The first-order chi connectivity index (χ1) is 7.13. The van der Waals surface area contributed by atoms with E-state index < -0.39 is 6.04 Å². The molecule has 0 saturated carbocycles. The molecule has 0 aliphatic carbocycles. The summed E-state index contributed by atoms with van der Waals surface area (Å²) >= 11 is 1.41. The third kappa shape index (κ3) is 4.87. The smallest absolute Gasteiger partial charge is 0.242 e. The van der Waals surface area contributed by atoms with Crippen LogP contribution in [0.5, 0.6) is 0 Å². The number of aryl methyl sites for hydroxylation is 1. The van der Waals surface area contributed by atoms with Crippen molar-refractivity contribution >= 4 is 34.8 Å². The molecule has 1 atom stereocenters. The zero-order valence-corrected chi connectivity index (χ0v) is 11.0. The molecule has 1 unspecified atom stereocenters. The molecule has 1 aromatic rings. The van der Waals surface area contributed by atoms with E-state index in [1.807, 2.05) is 0 Å². The molecule has 0 aromatic carbocycles. The summed E-state index contributed by atoms with van der Waals surface area (Å²) in [5.41, 5.74) is 5.42. The first-order valence-corrected chi connectivity index (χ1v) is 5.84. The summed E-state index contributed by atoms with van der Waals surface area (Å²) in [6.07, 6.45) is 3.14. The van der Waals surface area contributed by atoms with Crippen molar-refractivity contribution in [1.29, 1.82) is 0 Å². The van der Waals surface area contributed by atoms with Crippen LogP contribution in [-0.4, -0.2) is 22.1 Å². The second-order valence-corrected chi connectivity index (χ2v) is 4.44. The maximum absolute atomic E-state index is 11.2. The van der Waals surface area contributed by atoms with Crippen molar-refractivity contribution in [2.45, 2.75) is 39.2 Å². The molecule has 1 amide bonds. The molecule has 16 heavy (non-hydrogen) atoms. The van der Waals surface area contributed by atoms with Gasteiger partial charge in [-0.1, -0.05) is 24.7 Å². The van der Waals surface area contributed by atoms with E-state index in [9.17, 15) is 4.79 Å². The maximum atomic E-state index is 11.2.